The van der Waals surface area contributed by atoms with Crippen LogP contribution in [-0.4, -0.2) is 0 Å². The number of anilines is 6. The molecule has 0 bridgehead atoms. The lowest BCUT2D eigenvalue weighted by molar-refractivity contribution is 0.660. The topological polar surface area (TPSA) is 6.48 Å². The fourth-order valence-corrected chi connectivity index (χ4v) is 7.33. The van der Waals surface area contributed by atoms with E-state index in [-0.39, 0.29) is 5.41 Å². The minimum absolute atomic E-state index is 0.137. The van der Waals surface area contributed by atoms with Gasteiger partial charge in [-0.3, -0.25) is 0 Å². The van der Waals surface area contributed by atoms with Gasteiger partial charge in [0.2, 0.25) is 0 Å². The van der Waals surface area contributed by atoms with E-state index >= 15 is 0 Å². The first-order valence-corrected chi connectivity index (χ1v) is 17.4. The number of aryl methyl sites for hydroxylation is 1. The Morgan fingerprint density at radius 3 is 1.44 bits per heavy atom. The Labute approximate surface area is 296 Å². The number of nitrogens with zero attached hydrogens (tertiary/aromatic N) is 2. The van der Waals surface area contributed by atoms with Gasteiger partial charge >= 0.3 is 0 Å². The van der Waals surface area contributed by atoms with Gasteiger partial charge < -0.3 is 9.80 Å². The molecule has 0 amide bonds. The summed E-state index contributed by atoms with van der Waals surface area (Å²) in [5.74, 6) is 0. The molecule has 0 radical (unpaired) electrons. The van der Waals surface area contributed by atoms with Crippen LogP contribution < -0.4 is 9.80 Å². The zero-order valence-corrected chi connectivity index (χ0v) is 28.8. The van der Waals surface area contributed by atoms with E-state index in [0.29, 0.717) is 0 Å². The number of rotatable bonds is 8. The van der Waals surface area contributed by atoms with Gasteiger partial charge in [-0.2, -0.15) is 0 Å². The first kappa shape index (κ1) is 31.2. The van der Waals surface area contributed by atoms with Gasteiger partial charge in [0.05, 0.1) is 0 Å². The lowest BCUT2D eigenvalue weighted by atomic mass is 9.81. The van der Waals surface area contributed by atoms with E-state index in [2.05, 4.69) is 219 Å². The molecule has 0 saturated carbocycles. The molecule has 0 heterocycles. The van der Waals surface area contributed by atoms with Crippen molar-refractivity contribution in [2.75, 3.05) is 9.80 Å². The largest absolute Gasteiger partial charge is 0.310 e. The monoisotopic (exact) mass is 644 g/mol. The molecular formula is C48H40N2. The van der Waals surface area contributed by atoms with Crippen LogP contribution in [0.5, 0.6) is 0 Å². The van der Waals surface area contributed by atoms with E-state index in [4.69, 9.17) is 0 Å². The molecule has 8 rings (SSSR count). The molecule has 50 heavy (non-hydrogen) atoms. The predicted molar refractivity (Wildman–Crippen MR) is 213 cm³/mol. The average Bonchev–Trinajstić information content (AvgIpc) is 3.38. The van der Waals surface area contributed by atoms with Gasteiger partial charge in [-0.25, -0.2) is 0 Å². The first-order chi connectivity index (χ1) is 24.5. The zero-order valence-electron chi connectivity index (χ0n) is 28.8. The van der Waals surface area contributed by atoms with Gasteiger partial charge in [-0.15, -0.1) is 0 Å². The highest BCUT2D eigenvalue weighted by Crippen LogP contribution is 2.51. The third-order valence-electron chi connectivity index (χ3n) is 9.96. The van der Waals surface area contributed by atoms with Crippen LogP contribution in [0.1, 0.15) is 41.7 Å². The van der Waals surface area contributed by atoms with Crippen molar-refractivity contribution in [3.05, 3.63) is 204 Å². The van der Waals surface area contributed by atoms with E-state index in [1.165, 1.54) is 50.3 Å². The van der Waals surface area contributed by atoms with Crippen molar-refractivity contribution in [1.29, 1.82) is 0 Å². The summed E-state index contributed by atoms with van der Waals surface area (Å²) in [6.07, 6.45) is 4.46. The van der Waals surface area contributed by atoms with Crippen molar-refractivity contribution in [1.82, 2.24) is 0 Å². The van der Waals surface area contributed by atoms with Gasteiger partial charge in [0, 0.05) is 39.5 Å². The van der Waals surface area contributed by atoms with E-state index in [1.807, 2.05) is 0 Å². The van der Waals surface area contributed by atoms with Crippen LogP contribution in [0.4, 0.5) is 34.1 Å². The highest BCUT2D eigenvalue weighted by Gasteiger charge is 2.36. The summed E-state index contributed by atoms with van der Waals surface area (Å²) < 4.78 is 0. The molecule has 0 aliphatic heterocycles. The molecule has 242 valence electrons. The van der Waals surface area contributed by atoms with E-state index in [1.54, 1.807) is 0 Å². The number of fused-ring (bicyclic) bond motifs is 3. The number of hydrogen-bond donors (Lipinski definition) is 0. The summed E-state index contributed by atoms with van der Waals surface area (Å²) in [5.41, 5.74) is 15.8. The van der Waals surface area contributed by atoms with Crippen molar-refractivity contribution in [2.45, 2.75) is 26.2 Å². The Morgan fingerprint density at radius 1 is 0.400 bits per heavy atom. The van der Waals surface area contributed by atoms with Crippen molar-refractivity contribution in [2.24, 2.45) is 0 Å². The third-order valence-corrected chi connectivity index (χ3v) is 9.96. The molecule has 1 aliphatic rings. The Morgan fingerprint density at radius 2 is 0.840 bits per heavy atom. The maximum Gasteiger partial charge on any atom is 0.0490 e. The van der Waals surface area contributed by atoms with Crippen molar-refractivity contribution in [3.8, 4) is 11.1 Å². The highest BCUT2D eigenvalue weighted by atomic mass is 15.1. The second kappa shape index (κ2) is 13.1. The van der Waals surface area contributed by atoms with Gasteiger partial charge in [0.1, 0.15) is 0 Å². The van der Waals surface area contributed by atoms with E-state index in [0.717, 1.165) is 22.7 Å². The molecule has 7 aromatic carbocycles. The molecule has 0 saturated heterocycles. The molecule has 0 fully saturated rings. The predicted octanol–water partition coefficient (Wildman–Crippen LogP) is 13.4. The van der Waals surface area contributed by atoms with Gasteiger partial charge in [0.25, 0.3) is 0 Å². The Hall–Kier alpha value is -6.12. The Kier molecular flexibility index (Phi) is 8.14. The van der Waals surface area contributed by atoms with Crippen LogP contribution in [0.3, 0.4) is 0 Å². The lowest BCUT2D eigenvalue weighted by Gasteiger charge is -2.28. The summed E-state index contributed by atoms with van der Waals surface area (Å²) in [6.45, 7) is 6.88. The molecule has 0 atom stereocenters. The minimum atomic E-state index is -0.137. The van der Waals surface area contributed by atoms with Crippen LogP contribution in [0.15, 0.2) is 176 Å². The fourth-order valence-electron chi connectivity index (χ4n) is 7.33. The number of benzene rings is 7. The maximum atomic E-state index is 2.39. The Bertz CT molecular complexity index is 2250. The second-order valence-corrected chi connectivity index (χ2v) is 13.5. The van der Waals surface area contributed by atoms with E-state index in [9.17, 15) is 0 Å². The first-order valence-electron chi connectivity index (χ1n) is 17.4. The summed E-state index contributed by atoms with van der Waals surface area (Å²) in [5, 5.41) is 0. The normalized spacial score (nSPS) is 12.8. The van der Waals surface area contributed by atoms with Gasteiger partial charge in [0.15, 0.2) is 0 Å². The van der Waals surface area contributed by atoms with Crippen LogP contribution in [0.2, 0.25) is 0 Å². The smallest absolute Gasteiger partial charge is 0.0490 e. The number of hydrogen-bond acceptors (Lipinski definition) is 2. The summed E-state index contributed by atoms with van der Waals surface area (Å²) in [4.78, 5) is 4.67. The molecule has 7 aromatic rings. The standard InChI is InChI=1S/C48H40N2/c1-35-15-13-14-22-47(35)50(40-20-11-6-12-21-40)41-28-25-36(26-29-41)23-24-37-27-31-43-44-32-30-42(34-46(44)48(2,3)45(43)33-37)49(38-16-7-4-8-17-38)39-18-9-5-10-19-39/h4-34H,1-3H3. The van der Waals surface area contributed by atoms with Crippen molar-refractivity contribution < 1.29 is 0 Å². The number of para-hydroxylation sites is 4. The summed E-state index contributed by atoms with van der Waals surface area (Å²) >= 11 is 0. The van der Waals surface area contributed by atoms with Crippen molar-refractivity contribution in [3.63, 3.8) is 0 Å². The lowest BCUT2D eigenvalue weighted by Crippen LogP contribution is -2.16. The molecule has 0 N–H and O–H groups in total. The van der Waals surface area contributed by atoms with Gasteiger partial charge in [-0.05, 0) is 113 Å². The second-order valence-electron chi connectivity index (χ2n) is 13.5. The van der Waals surface area contributed by atoms with Crippen LogP contribution >= 0.6 is 0 Å². The SMILES string of the molecule is Cc1ccccc1N(c1ccccc1)c1ccc(C=Cc2ccc3c(c2)C(C)(C)c2cc(N(c4ccccc4)c4ccccc4)ccc2-3)cc1. The van der Waals surface area contributed by atoms with E-state index < -0.39 is 0 Å². The molecular weight excluding hydrogens is 605 g/mol. The molecule has 0 unspecified atom stereocenters. The quantitative estimate of drug-likeness (QED) is 0.152. The molecule has 1 aliphatic carbocycles. The maximum absolute atomic E-state index is 2.39. The zero-order chi connectivity index (χ0) is 34.1. The molecule has 0 aromatic heterocycles. The third kappa shape index (κ3) is 5.80. The summed E-state index contributed by atoms with van der Waals surface area (Å²) in [7, 11) is 0. The van der Waals surface area contributed by atoms with Crippen LogP contribution in [0.25, 0.3) is 23.3 Å². The van der Waals surface area contributed by atoms with Gasteiger partial charge in [-0.1, -0.05) is 135 Å². The molecule has 2 nitrogen and oxygen atoms in total. The molecule has 0 spiro atoms. The minimum Gasteiger partial charge on any atom is -0.310 e. The van der Waals surface area contributed by atoms with Crippen LogP contribution in [-0.2, 0) is 5.41 Å². The Balaban J connectivity index is 1.08. The van der Waals surface area contributed by atoms with Crippen LogP contribution in [0, 0.1) is 6.92 Å². The summed E-state index contributed by atoms with van der Waals surface area (Å²) in [6, 6.07) is 63.1. The average molecular weight is 645 g/mol. The van der Waals surface area contributed by atoms with Crippen molar-refractivity contribution >= 4 is 46.3 Å². The molecule has 2 heteroatoms. The highest BCUT2D eigenvalue weighted by molar-refractivity contribution is 5.87. The fraction of sp³-hybridized carbons (Fsp3) is 0.0833.